The summed E-state index contributed by atoms with van der Waals surface area (Å²) in [6.45, 7) is 8.47. The van der Waals surface area contributed by atoms with Crippen molar-refractivity contribution < 1.29 is 27.6 Å². The number of alkyl halides is 1. The number of aromatic nitrogens is 1. The number of hydrogen-bond donors (Lipinski definition) is 0. The van der Waals surface area contributed by atoms with Crippen LogP contribution < -0.4 is 0 Å². The molecule has 5 rings (SSSR count). The van der Waals surface area contributed by atoms with Gasteiger partial charge in [0.2, 0.25) is 5.91 Å². The number of carbonyl (C=O) groups excluding carboxylic acids is 3. The van der Waals surface area contributed by atoms with Crippen molar-refractivity contribution in [3.63, 3.8) is 0 Å². The summed E-state index contributed by atoms with van der Waals surface area (Å²) in [5.74, 6) is -3.01. The van der Waals surface area contributed by atoms with Gasteiger partial charge in [-0.25, -0.2) is 18.2 Å². The smallest absolute Gasteiger partial charge is 0.261 e. The van der Waals surface area contributed by atoms with E-state index < -0.39 is 53.5 Å². The average molecular weight is 662 g/mol. The van der Waals surface area contributed by atoms with E-state index >= 15 is 4.39 Å². The predicted octanol–water partition coefficient (Wildman–Crippen LogP) is 8.28. The van der Waals surface area contributed by atoms with Crippen LogP contribution in [0.1, 0.15) is 83.9 Å². The maximum atomic E-state index is 15.0. The average Bonchev–Trinajstić information content (AvgIpc) is 3.55. The van der Waals surface area contributed by atoms with Crippen LogP contribution in [0, 0.1) is 23.0 Å². The predicted molar refractivity (Wildman–Crippen MR) is 177 cm³/mol. The van der Waals surface area contributed by atoms with E-state index in [1.807, 2.05) is 51.1 Å². The molecule has 3 aromatic carbocycles. The minimum Gasteiger partial charge on any atom is -0.333 e. The van der Waals surface area contributed by atoms with Gasteiger partial charge in [0.15, 0.2) is 0 Å². The topological polar surface area (TPSA) is 70.6 Å². The van der Waals surface area contributed by atoms with Crippen molar-refractivity contribution in [3.05, 3.63) is 112 Å². The van der Waals surface area contributed by atoms with E-state index in [9.17, 15) is 23.2 Å². The Bertz CT molecular complexity index is 1750. The standard InChI is InChI=1S/C37H38F3N3O3S/c1-22(2)34(44)42(18-17-25(21-38)43-35(45)26-13-9-10-14-27(26)36(43)46)32(37(3,4)5)31-30(19-23-11-7-6-8-12-23)47-33(41-31)28-20-24(39)15-16-29(28)40/h6-16,20,22,25,32H,17-19,21H2,1-5H3/t25-,32+/m0/s1. The number of benzene rings is 3. The summed E-state index contributed by atoms with van der Waals surface area (Å²) in [5, 5.41) is 0.279. The molecule has 10 heteroatoms. The summed E-state index contributed by atoms with van der Waals surface area (Å²) in [6.07, 6.45) is 0.430. The molecule has 1 aliphatic rings. The molecule has 2 atom stereocenters. The number of amides is 3. The summed E-state index contributed by atoms with van der Waals surface area (Å²) in [4.78, 5) is 48.7. The SMILES string of the molecule is CC(C)C(=O)N(CC[C@@H](CF)N1C(=O)c2ccccc2C1=O)[C@H](c1nc(-c2cc(F)ccc2F)sc1Cc1ccccc1)C(C)(C)C. The first-order chi connectivity index (χ1) is 22.3. The van der Waals surface area contributed by atoms with E-state index in [-0.39, 0.29) is 40.6 Å². The molecular formula is C37H38F3N3O3S. The van der Waals surface area contributed by atoms with E-state index in [1.165, 1.54) is 11.3 Å². The van der Waals surface area contributed by atoms with Crippen molar-refractivity contribution >= 4 is 29.1 Å². The highest BCUT2D eigenvalue weighted by Gasteiger charge is 2.42. The van der Waals surface area contributed by atoms with Crippen LogP contribution in [0.4, 0.5) is 13.2 Å². The zero-order valence-corrected chi connectivity index (χ0v) is 27.9. The third kappa shape index (κ3) is 7.02. The van der Waals surface area contributed by atoms with Gasteiger partial charge >= 0.3 is 0 Å². The third-order valence-corrected chi connectivity index (χ3v) is 9.44. The molecule has 0 bridgehead atoms. The maximum absolute atomic E-state index is 15.0. The molecule has 0 radical (unpaired) electrons. The first-order valence-corrected chi connectivity index (χ1v) is 16.5. The Labute approximate surface area is 277 Å². The summed E-state index contributed by atoms with van der Waals surface area (Å²) in [5.41, 5.74) is 1.36. The van der Waals surface area contributed by atoms with Crippen LogP contribution in [0.5, 0.6) is 0 Å². The fraction of sp³-hybridized carbons (Fsp3) is 0.351. The van der Waals surface area contributed by atoms with E-state index in [0.29, 0.717) is 12.1 Å². The highest BCUT2D eigenvalue weighted by Crippen LogP contribution is 2.44. The van der Waals surface area contributed by atoms with Crippen LogP contribution in [-0.4, -0.2) is 51.8 Å². The summed E-state index contributed by atoms with van der Waals surface area (Å²) >= 11 is 1.24. The van der Waals surface area contributed by atoms with Gasteiger partial charge in [0, 0.05) is 29.3 Å². The van der Waals surface area contributed by atoms with Gasteiger partial charge in [-0.05, 0) is 47.7 Å². The van der Waals surface area contributed by atoms with Crippen molar-refractivity contribution in [3.8, 4) is 10.6 Å². The molecule has 47 heavy (non-hydrogen) atoms. The fourth-order valence-electron chi connectivity index (χ4n) is 6.09. The third-order valence-electron chi connectivity index (χ3n) is 8.33. The van der Waals surface area contributed by atoms with Crippen LogP contribution in [-0.2, 0) is 11.2 Å². The molecule has 0 saturated heterocycles. The van der Waals surface area contributed by atoms with Crippen molar-refractivity contribution in [1.82, 2.24) is 14.8 Å². The monoisotopic (exact) mass is 661 g/mol. The largest absolute Gasteiger partial charge is 0.333 e. The highest BCUT2D eigenvalue weighted by atomic mass is 32.1. The number of carbonyl (C=O) groups is 3. The lowest BCUT2D eigenvalue weighted by Crippen LogP contribution is -2.47. The Kier molecular flexibility index (Phi) is 10.0. The van der Waals surface area contributed by atoms with E-state index in [2.05, 4.69) is 0 Å². The van der Waals surface area contributed by atoms with Crippen molar-refractivity contribution in [1.29, 1.82) is 0 Å². The first kappa shape index (κ1) is 34.0. The second-order valence-corrected chi connectivity index (χ2v) is 14.3. The Hall–Kier alpha value is -4.31. The van der Waals surface area contributed by atoms with Crippen LogP contribution in [0.25, 0.3) is 10.6 Å². The molecule has 246 valence electrons. The number of halogens is 3. The van der Waals surface area contributed by atoms with Gasteiger partial charge in [-0.2, -0.15) is 0 Å². The van der Waals surface area contributed by atoms with E-state index in [0.717, 1.165) is 33.5 Å². The van der Waals surface area contributed by atoms with Gasteiger partial charge in [-0.15, -0.1) is 11.3 Å². The molecule has 1 aliphatic heterocycles. The number of imide groups is 1. The molecule has 1 aromatic heterocycles. The normalized spacial score (nSPS) is 14.4. The lowest BCUT2D eigenvalue weighted by atomic mass is 9.82. The number of fused-ring (bicyclic) bond motifs is 1. The van der Waals surface area contributed by atoms with Crippen molar-refractivity contribution in [2.24, 2.45) is 11.3 Å². The quantitative estimate of drug-likeness (QED) is 0.152. The number of thiazole rings is 1. The van der Waals surface area contributed by atoms with Crippen LogP contribution in [0.3, 0.4) is 0 Å². The van der Waals surface area contributed by atoms with Gasteiger partial charge < -0.3 is 4.90 Å². The van der Waals surface area contributed by atoms with Gasteiger partial charge in [0.05, 0.1) is 28.9 Å². The fourth-order valence-corrected chi connectivity index (χ4v) is 7.23. The van der Waals surface area contributed by atoms with Gasteiger partial charge in [-0.3, -0.25) is 19.3 Å². The molecule has 6 nitrogen and oxygen atoms in total. The molecule has 2 heterocycles. The zero-order chi connectivity index (χ0) is 34.0. The van der Waals surface area contributed by atoms with Crippen molar-refractivity contribution in [2.45, 2.75) is 59.5 Å². The van der Waals surface area contributed by atoms with Gasteiger partial charge in [0.25, 0.3) is 11.8 Å². The number of nitrogens with zero attached hydrogens (tertiary/aromatic N) is 3. The Morgan fingerprint density at radius 2 is 1.53 bits per heavy atom. The first-order valence-electron chi connectivity index (χ1n) is 15.6. The lowest BCUT2D eigenvalue weighted by molar-refractivity contribution is -0.140. The van der Waals surface area contributed by atoms with Crippen molar-refractivity contribution in [2.75, 3.05) is 13.2 Å². The molecule has 0 spiro atoms. The summed E-state index contributed by atoms with van der Waals surface area (Å²) < 4.78 is 44.1. The molecule has 4 aromatic rings. The number of rotatable bonds is 11. The second-order valence-electron chi connectivity index (χ2n) is 13.2. The molecule has 0 N–H and O–H groups in total. The van der Waals surface area contributed by atoms with E-state index in [1.54, 1.807) is 43.0 Å². The van der Waals surface area contributed by atoms with Crippen LogP contribution in [0.15, 0.2) is 72.8 Å². The minimum absolute atomic E-state index is 0.00343. The van der Waals surface area contributed by atoms with Crippen LogP contribution in [0.2, 0.25) is 0 Å². The van der Waals surface area contributed by atoms with Gasteiger partial charge in [-0.1, -0.05) is 77.1 Å². The molecular weight excluding hydrogens is 623 g/mol. The summed E-state index contributed by atoms with van der Waals surface area (Å²) in [6, 6.07) is 17.5. The summed E-state index contributed by atoms with van der Waals surface area (Å²) in [7, 11) is 0. The second kappa shape index (κ2) is 13.8. The number of hydrogen-bond acceptors (Lipinski definition) is 5. The van der Waals surface area contributed by atoms with Gasteiger partial charge in [0.1, 0.15) is 23.3 Å². The molecule has 0 saturated carbocycles. The highest BCUT2D eigenvalue weighted by molar-refractivity contribution is 7.15. The Balaban J connectivity index is 1.57. The van der Waals surface area contributed by atoms with E-state index in [4.69, 9.17) is 4.98 Å². The molecule has 3 amide bonds. The lowest BCUT2D eigenvalue weighted by Gasteiger charge is -2.41. The maximum Gasteiger partial charge on any atom is 0.261 e. The Morgan fingerprint density at radius 3 is 2.11 bits per heavy atom. The Morgan fingerprint density at radius 1 is 0.915 bits per heavy atom. The molecule has 0 unspecified atom stereocenters. The zero-order valence-electron chi connectivity index (χ0n) is 27.1. The molecule has 0 aliphatic carbocycles. The molecule has 0 fully saturated rings. The van der Waals surface area contributed by atoms with Crippen LogP contribution >= 0.6 is 11.3 Å². The minimum atomic E-state index is -1.10.